The van der Waals surface area contributed by atoms with E-state index in [0.717, 1.165) is 10.5 Å². The Kier molecular flexibility index (Phi) is 4.58. The summed E-state index contributed by atoms with van der Waals surface area (Å²) in [5, 5.41) is 10.7. The Hall–Kier alpha value is -3.41. The summed E-state index contributed by atoms with van der Waals surface area (Å²) in [5.41, 5.74) is 7.25. The molecule has 1 fully saturated rings. The second kappa shape index (κ2) is 6.84. The molecule has 6 nitrogen and oxygen atoms in total. The molecule has 2 aromatic carbocycles. The Morgan fingerprint density at radius 3 is 2.27 bits per heavy atom. The van der Waals surface area contributed by atoms with Gasteiger partial charge in [-0.3, -0.25) is 14.4 Å². The SMILES string of the molecule is Cc1ccc(C2/C(=C(\O)c3ccccc3)C(=O)C(=O)N2CC(N)=O)cc1. The van der Waals surface area contributed by atoms with Gasteiger partial charge in [-0.2, -0.15) is 0 Å². The Labute approximate surface area is 150 Å². The van der Waals surface area contributed by atoms with E-state index in [4.69, 9.17) is 5.73 Å². The molecule has 0 radical (unpaired) electrons. The molecule has 1 saturated heterocycles. The molecule has 26 heavy (non-hydrogen) atoms. The summed E-state index contributed by atoms with van der Waals surface area (Å²) in [5.74, 6) is -2.70. The van der Waals surface area contributed by atoms with Crippen molar-refractivity contribution in [2.45, 2.75) is 13.0 Å². The van der Waals surface area contributed by atoms with E-state index in [1.54, 1.807) is 42.5 Å². The predicted octanol–water partition coefficient (Wildman–Crippen LogP) is 1.90. The number of primary amides is 1. The van der Waals surface area contributed by atoms with Crippen LogP contribution < -0.4 is 5.73 Å². The smallest absolute Gasteiger partial charge is 0.296 e. The van der Waals surface area contributed by atoms with Crippen molar-refractivity contribution in [2.75, 3.05) is 6.54 Å². The molecule has 0 saturated carbocycles. The predicted molar refractivity (Wildman–Crippen MR) is 95.8 cm³/mol. The normalized spacial score (nSPS) is 19.0. The van der Waals surface area contributed by atoms with Gasteiger partial charge in [-0.05, 0) is 12.5 Å². The van der Waals surface area contributed by atoms with Crippen LogP contribution in [0.3, 0.4) is 0 Å². The maximum atomic E-state index is 12.6. The summed E-state index contributed by atoms with van der Waals surface area (Å²) in [7, 11) is 0. The average molecular weight is 350 g/mol. The number of nitrogens with two attached hydrogens (primary N) is 1. The molecule has 6 heteroatoms. The number of aliphatic hydroxyl groups excluding tert-OH is 1. The van der Waals surface area contributed by atoms with E-state index in [-0.39, 0.29) is 11.3 Å². The molecule has 2 amide bonds. The van der Waals surface area contributed by atoms with Crippen LogP contribution >= 0.6 is 0 Å². The van der Waals surface area contributed by atoms with Gasteiger partial charge in [0, 0.05) is 5.56 Å². The van der Waals surface area contributed by atoms with Crippen LogP contribution in [0.1, 0.15) is 22.7 Å². The van der Waals surface area contributed by atoms with Crippen LogP contribution in [-0.2, 0) is 14.4 Å². The quantitative estimate of drug-likeness (QED) is 0.500. The number of aliphatic hydroxyl groups is 1. The van der Waals surface area contributed by atoms with Crippen LogP contribution in [0.2, 0.25) is 0 Å². The number of ketones is 1. The number of amides is 2. The van der Waals surface area contributed by atoms with Crippen LogP contribution in [0, 0.1) is 6.92 Å². The highest BCUT2D eigenvalue weighted by Crippen LogP contribution is 2.39. The van der Waals surface area contributed by atoms with Gasteiger partial charge in [0.1, 0.15) is 12.3 Å². The van der Waals surface area contributed by atoms with E-state index < -0.39 is 30.2 Å². The van der Waals surface area contributed by atoms with Gasteiger partial charge >= 0.3 is 0 Å². The molecule has 1 aliphatic heterocycles. The van der Waals surface area contributed by atoms with E-state index in [1.165, 1.54) is 0 Å². The van der Waals surface area contributed by atoms with Gasteiger partial charge < -0.3 is 15.7 Å². The minimum Gasteiger partial charge on any atom is -0.507 e. The fraction of sp³-hybridized carbons (Fsp3) is 0.150. The van der Waals surface area contributed by atoms with Gasteiger partial charge in [0.15, 0.2) is 0 Å². The standard InChI is InChI=1S/C20H18N2O4/c1-12-7-9-13(10-8-12)17-16(18(24)14-5-3-2-4-6-14)19(25)20(26)22(17)11-15(21)23/h2-10,17,24H,11H2,1H3,(H2,21,23)/b18-16+. The highest BCUT2D eigenvalue weighted by atomic mass is 16.3. The van der Waals surface area contributed by atoms with E-state index in [2.05, 4.69) is 0 Å². The van der Waals surface area contributed by atoms with Crippen LogP contribution in [0.15, 0.2) is 60.2 Å². The van der Waals surface area contributed by atoms with Crippen molar-refractivity contribution >= 4 is 23.4 Å². The number of nitrogens with zero attached hydrogens (tertiary/aromatic N) is 1. The maximum Gasteiger partial charge on any atom is 0.296 e. The third-order valence-corrected chi connectivity index (χ3v) is 4.31. The number of carbonyl (C=O) groups is 3. The Bertz CT molecular complexity index is 901. The van der Waals surface area contributed by atoms with Crippen molar-refractivity contribution in [3.63, 3.8) is 0 Å². The molecule has 2 aromatic rings. The lowest BCUT2D eigenvalue weighted by atomic mass is 9.95. The molecule has 3 rings (SSSR count). The average Bonchev–Trinajstić information content (AvgIpc) is 2.87. The summed E-state index contributed by atoms with van der Waals surface area (Å²) >= 11 is 0. The minimum atomic E-state index is -0.872. The fourth-order valence-corrected chi connectivity index (χ4v) is 3.06. The molecule has 1 aliphatic rings. The second-order valence-electron chi connectivity index (χ2n) is 6.17. The lowest BCUT2D eigenvalue weighted by molar-refractivity contribution is -0.141. The number of rotatable bonds is 4. The van der Waals surface area contributed by atoms with Crippen LogP contribution in [0.25, 0.3) is 5.76 Å². The summed E-state index contributed by atoms with van der Waals surface area (Å²) in [6.45, 7) is 1.50. The van der Waals surface area contributed by atoms with Crippen molar-refractivity contribution in [3.8, 4) is 0 Å². The topological polar surface area (TPSA) is 101 Å². The van der Waals surface area contributed by atoms with E-state index in [1.807, 2.05) is 19.1 Å². The molecule has 1 heterocycles. The Morgan fingerprint density at radius 2 is 1.69 bits per heavy atom. The molecule has 0 bridgehead atoms. The molecule has 1 unspecified atom stereocenters. The zero-order valence-electron chi connectivity index (χ0n) is 14.2. The van der Waals surface area contributed by atoms with Gasteiger partial charge in [-0.25, -0.2) is 0 Å². The zero-order chi connectivity index (χ0) is 18.8. The number of Topliss-reactive ketones (excluding diaryl/α,β-unsaturated/α-hetero) is 1. The third-order valence-electron chi connectivity index (χ3n) is 4.31. The first-order chi connectivity index (χ1) is 12.4. The van der Waals surface area contributed by atoms with Crippen LogP contribution in [0.4, 0.5) is 0 Å². The van der Waals surface area contributed by atoms with Crippen LogP contribution in [0.5, 0.6) is 0 Å². The first-order valence-corrected chi connectivity index (χ1v) is 8.09. The molecule has 0 aromatic heterocycles. The summed E-state index contributed by atoms with van der Waals surface area (Å²) in [4.78, 5) is 37.6. The third kappa shape index (κ3) is 3.09. The fourth-order valence-electron chi connectivity index (χ4n) is 3.06. The number of benzene rings is 2. The lowest BCUT2D eigenvalue weighted by Gasteiger charge is -2.24. The number of carbonyl (C=O) groups excluding carboxylic acids is 3. The monoisotopic (exact) mass is 350 g/mol. The zero-order valence-corrected chi connectivity index (χ0v) is 14.2. The first-order valence-electron chi connectivity index (χ1n) is 8.09. The highest BCUT2D eigenvalue weighted by Gasteiger charge is 2.46. The summed E-state index contributed by atoms with van der Waals surface area (Å²) in [6.07, 6.45) is 0. The first kappa shape index (κ1) is 17.4. The number of aryl methyl sites for hydroxylation is 1. The van der Waals surface area contributed by atoms with Gasteiger partial charge in [0.05, 0.1) is 11.6 Å². The van der Waals surface area contributed by atoms with Crippen molar-refractivity contribution < 1.29 is 19.5 Å². The van der Waals surface area contributed by atoms with Crippen molar-refractivity contribution in [1.29, 1.82) is 0 Å². The van der Waals surface area contributed by atoms with Gasteiger partial charge in [0.25, 0.3) is 11.7 Å². The Balaban J connectivity index is 2.19. The van der Waals surface area contributed by atoms with Gasteiger partial charge in [-0.1, -0.05) is 60.2 Å². The van der Waals surface area contributed by atoms with Crippen molar-refractivity contribution in [1.82, 2.24) is 4.90 Å². The molecule has 132 valence electrons. The maximum absolute atomic E-state index is 12.6. The Morgan fingerprint density at radius 1 is 1.08 bits per heavy atom. The molecular weight excluding hydrogens is 332 g/mol. The number of likely N-dealkylation sites (tertiary alicyclic amines) is 1. The number of hydrogen-bond acceptors (Lipinski definition) is 4. The summed E-state index contributed by atoms with van der Waals surface area (Å²) < 4.78 is 0. The van der Waals surface area contributed by atoms with E-state index in [9.17, 15) is 19.5 Å². The minimum absolute atomic E-state index is 0.0497. The molecular formula is C20H18N2O4. The van der Waals surface area contributed by atoms with Crippen LogP contribution in [-0.4, -0.2) is 34.1 Å². The van der Waals surface area contributed by atoms with Gasteiger partial charge in [-0.15, -0.1) is 0 Å². The lowest BCUT2D eigenvalue weighted by Crippen LogP contribution is -2.37. The van der Waals surface area contributed by atoms with Crippen molar-refractivity contribution in [2.24, 2.45) is 5.73 Å². The van der Waals surface area contributed by atoms with Crippen molar-refractivity contribution in [3.05, 3.63) is 76.9 Å². The highest BCUT2D eigenvalue weighted by molar-refractivity contribution is 6.46. The molecule has 0 spiro atoms. The van der Waals surface area contributed by atoms with E-state index >= 15 is 0 Å². The molecule has 1 atom stereocenters. The number of hydrogen-bond donors (Lipinski definition) is 2. The summed E-state index contributed by atoms with van der Waals surface area (Å²) in [6, 6.07) is 14.8. The second-order valence-corrected chi connectivity index (χ2v) is 6.17. The van der Waals surface area contributed by atoms with Gasteiger partial charge in [0.2, 0.25) is 5.91 Å². The molecule has 0 aliphatic carbocycles. The van der Waals surface area contributed by atoms with E-state index in [0.29, 0.717) is 11.1 Å². The largest absolute Gasteiger partial charge is 0.507 e. The molecule has 3 N–H and O–H groups in total.